The molecule has 0 aliphatic rings. The van der Waals surface area contributed by atoms with Crippen molar-refractivity contribution in [3.63, 3.8) is 0 Å². The Balaban J connectivity index is 2.66. The zero-order chi connectivity index (χ0) is 10.1. The molecule has 0 bridgehead atoms. The van der Waals surface area contributed by atoms with E-state index >= 15 is 0 Å². The summed E-state index contributed by atoms with van der Waals surface area (Å²) in [5.74, 6) is 0. The maximum atomic E-state index is 11.1. The van der Waals surface area contributed by atoms with E-state index in [1.807, 2.05) is 25.1 Å². The molecule has 14 heavy (non-hydrogen) atoms. The quantitative estimate of drug-likeness (QED) is 0.766. The van der Waals surface area contributed by atoms with Gasteiger partial charge in [0.1, 0.15) is 0 Å². The lowest BCUT2D eigenvalue weighted by Gasteiger charge is -2.06. The van der Waals surface area contributed by atoms with E-state index < -0.39 is 0 Å². The molecule has 0 amide bonds. The number of aromatic amines is 1. The molecule has 0 spiro atoms. The van der Waals surface area contributed by atoms with Crippen LogP contribution in [0.25, 0.3) is 5.69 Å². The second-order valence-corrected chi connectivity index (χ2v) is 3.46. The van der Waals surface area contributed by atoms with Crippen molar-refractivity contribution in [3.05, 3.63) is 51.4 Å². The van der Waals surface area contributed by atoms with E-state index in [4.69, 9.17) is 11.6 Å². The summed E-state index contributed by atoms with van der Waals surface area (Å²) in [6.45, 7) is 1.85. The molecule has 72 valence electrons. The number of hydrogen-bond donors (Lipinski definition) is 1. The smallest absolute Gasteiger partial charge is 0.264 e. The Morgan fingerprint density at radius 2 is 2.07 bits per heavy atom. The number of hydrogen-bond acceptors (Lipinski definition) is 1. The van der Waals surface area contributed by atoms with Gasteiger partial charge in [0.25, 0.3) is 5.56 Å². The number of halogens is 1. The van der Waals surface area contributed by atoms with Gasteiger partial charge in [-0.05, 0) is 19.1 Å². The second kappa shape index (κ2) is 3.35. The first-order valence-corrected chi connectivity index (χ1v) is 4.60. The van der Waals surface area contributed by atoms with E-state index in [0.717, 1.165) is 11.4 Å². The van der Waals surface area contributed by atoms with E-state index in [1.54, 1.807) is 10.7 Å². The van der Waals surface area contributed by atoms with Crippen molar-refractivity contribution < 1.29 is 0 Å². The average molecular weight is 209 g/mol. The van der Waals surface area contributed by atoms with Crippen LogP contribution in [0.4, 0.5) is 0 Å². The molecular formula is C10H9ClN2O. The average Bonchev–Trinajstić information content (AvgIpc) is 2.46. The van der Waals surface area contributed by atoms with E-state index in [9.17, 15) is 4.79 Å². The third kappa shape index (κ3) is 1.46. The van der Waals surface area contributed by atoms with Crippen LogP contribution in [0.1, 0.15) is 5.69 Å². The molecule has 2 aromatic rings. The number of nitrogens with one attached hydrogen (secondary N) is 1. The highest BCUT2D eigenvalue weighted by Crippen LogP contribution is 2.19. The van der Waals surface area contributed by atoms with Crippen LogP contribution in [0, 0.1) is 6.92 Å². The van der Waals surface area contributed by atoms with Crippen molar-refractivity contribution in [2.75, 3.05) is 0 Å². The van der Waals surface area contributed by atoms with Crippen molar-refractivity contribution in [3.8, 4) is 5.69 Å². The predicted molar refractivity (Wildman–Crippen MR) is 56.1 cm³/mol. The third-order valence-corrected chi connectivity index (χ3v) is 2.33. The standard InChI is InChI=1S/C10H9ClN2O/c1-7-6-10(14)12-13(7)9-5-3-2-4-8(9)11/h2-6H,1H3,(H,12,14). The summed E-state index contributed by atoms with van der Waals surface area (Å²) in [5, 5.41) is 3.29. The van der Waals surface area contributed by atoms with Crippen LogP contribution in [-0.4, -0.2) is 9.78 Å². The lowest BCUT2D eigenvalue weighted by molar-refractivity contribution is 0.834. The largest absolute Gasteiger partial charge is 0.268 e. The molecule has 2 rings (SSSR count). The van der Waals surface area contributed by atoms with Crippen LogP contribution in [0.5, 0.6) is 0 Å². The predicted octanol–water partition coefficient (Wildman–Crippen LogP) is 2.13. The van der Waals surface area contributed by atoms with Gasteiger partial charge in [0.15, 0.2) is 0 Å². The van der Waals surface area contributed by atoms with Gasteiger partial charge >= 0.3 is 0 Å². The van der Waals surface area contributed by atoms with Crippen molar-refractivity contribution >= 4 is 11.6 Å². The molecule has 0 aliphatic carbocycles. The van der Waals surface area contributed by atoms with Crippen LogP contribution in [-0.2, 0) is 0 Å². The van der Waals surface area contributed by atoms with Gasteiger partial charge in [0, 0.05) is 11.8 Å². The Morgan fingerprint density at radius 1 is 1.36 bits per heavy atom. The van der Waals surface area contributed by atoms with Crippen molar-refractivity contribution in [2.45, 2.75) is 6.92 Å². The van der Waals surface area contributed by atoms with E-state index in [2.05, 4.69) is 5.10 Å². The van der Waals surface area contributed by atoms with Gasteiger partial charge in [0.05, 0.1) is 10.7 Å². The fourth-order valence-corrected chi connectivity index (χ4v) is 1.59. The Kier molecular flexibility index (Phi) is 2.17. The van der Waals surface area contributed by atoms with Crippen LogP contribution in [0.3, 0.4) is 0 Å². The van der Waals surface area contributed by atoms with Gasteiger partial charge in [-0.1, -0.05) is 23.7 Å². The number of benzene rings is 1. The lowest BCUT2D eigenvalue weighted by Crippen LogP contribution is -2.04. The molecule has 0 saturated heterocycles. The van der Waals surface area contributed by atoms with Crippen molar-refractivity contribution in [1.29, 1.82) is 0 Å². The maximum Gasteiger partial charge on any atom is 0.264 e. The SMILES string of the molecule is Cc1cc(=O)[nH]n1-c1ccccc1Cl. The first-order chi connectivity index (χ1) is 6.68. The molecule has 0 atom stereocenters. The Morgan fingerprint density at radius 3 is 2.64 bits per heavy atom. The topological polar surface area (TPSA) is 37.8 Å². The Bertz CT molecular complexity index is 513. The van der Waals surface area contributed by atoms with Gasteiger partial charge in [-0.15, -0.1) is 0 Å². The van der Waals surface area contributed by atoms with Gasteiger partial charge in [-0.25, -0.2) is 0 Å². The third-order valence-electron chi connectivity index (χ3n) is 2.01. The molecule has 0 radical (unpaired) electrons. The van der Waals surface area contributed by atoms with E-state index in [0.29, 0.717) is 5.02 Å². The molecule has 3 nitrogen and oxygen atoms in total. The first-order valence-electron chi connectivity index (χ1n) is 4.22. The van der Waals surface area contributed by atoms with Crippen LogP contribution in [0.2, 0.25) is 5.02 Å². The molecule has 4 heteroatoms. The fraction of sp³-hybridized carbons (Fsp3) is 0.100. The minimum atomic E-state index is -0.123. The summed E-state index contributed by atoms with van der Waals surface area (Å²) in [5.41, 5.74) is 1.50. The number of rotatable bonds is 1. The number of para-hydroxylation sites is 1. The summed E-state index contributed by atoms with van der Waals surface area (Å²) in [6, 6.07) is 8.89. The van der Waals surface area contributed by atoms with E-state index in [1.165, 1.54) is 6.07 Å². The van der Waals surface area contributed by atoms with Crippen LogP contribution in [0.15, 0.2) is 35.1 Å². The lowest BCUT2D eigenvalue weighted by atomic mass is 10.3. The second-order valence-electron chi connectivity index (χ2n) is 3.05. The van der Waals surface area contributed by atoms with Crippen molar-refractivity contribution in [1.82, 2.24) is 9.78 Å². The van der Waals surface area contributed by atoms with Crippen molar-refractivity contribution in [2.24, 2.45) is 0 Å². The molecule has 1 heterocycles. The Hall–Kier alpha value is -1.48. The van der Waals surface area contributed by atoms with Gasteiger partial charge in [0.2, 0.25) is 0 Å². The van der Waals surface area contributed by atoms with E-state index in [-0.39, 0.29) is 5.56 Å². The molecule has 0 aliphatic heterocycles. The van der Waals surface area contributed by atoms with Gasteiger partial charge < -0.3 is 0 Å². The minimum absolute atomic E-state index is 0.123. The zero-order valence-electron chi connectivity index (χ0n) is 7.62. The van der Waals surface area contributed by atoms with Gasteiger partial charge in [-0.2, -0.15) is 0 Å². The molecule has 0 saturated carbocycles. The van der Waals surface area contributed by atoms with Crippen LogP contribution < -0.4 is 5.56 Å². The number of nitrogens with zero attached hydrogens (tertiary/aromatic N) is 1. The summed E-state index contributed by atoms with van der Waals surface area (Å²) in [6.07, 6.45) is 0. The fourth-order valence-electron chi connectivity index (χ4n) is 1.37. The molecule has 0 fully saturated rings. The highest BCUT2D eigenvalue weighted by atomic mass is 35.5. The number of aromatic nitrogens is 2. The molecule has 1 N–H and O–H groups in total. The highest BCUT2D eigenvalue weighted by Gasteiger charge is 2.04. The summed E-state index contributed by atoms with van der Waals surface area (Å²) in [7, 11) is 0. The summed E-state index contributed by atoms with van der Waals surface area (Å²) in [4.78, 5) is 11.1. The molecule has 1 aromatic heterocycles. The normalized spacial score (nSPS) is 10.4. The number of aryl methyl sites for hydroxylation is 1. The summed E-state index contributed by atoms with van der Waals surface area (Å²) >= 11 is 6.00. The van der Waals surface area contributed by atoms with Gasteiger partial charge in [-0.3, -0.25) is 14.6 Å². The minimum Gasteiger partial charge on any atom is -0.268 e. The Labute approximate surface area is 85.9 Å². The molecule has 0 unspecified atom stereocenters. The highest BCUT2D eigenvalue weighted by molar-refractivity contribution is 6.32. The first kappa shape index (κ1) is 9.09. The van der Waals surface area contributed by atoms with Crippen LogP contribution >= 0.6 is 11.6 Å². The molecule has 1 aromatic carbocycles. The zero-order valence-corrected chi connectivity index (χ0v) is 8.38. The summed E-state index contributed by atoms with van der Waals surface area (Å²) < 4.78 is 1.67. The monoisotopic (exact) mass is 208 g/mol. The number of H-pyrrole nitrogens is 1. The molecular weight excluding hydrogens is 200 g/mol. The maximum absolute atomic E-state index is 11.1.